The third kappa shape index (κ3) is 2.42. The molecule has 2 aliphatic rings. The molecule has 4 heteroatoms. The fraction of sp³-hybridized carbons (Fsp3) is 0. The first-order valence-electron chi connectivity index (χ1n) is 9.83. The van der Waals surface area contributed by atoms with E-state index in [9.17, 15) is 13.6 Å². The molecule has 0 bridgehead atoms. The van der Waals surface area contributed by atoms with Gasteiger partial charge in [0.15, 0.2) is 5.78 Å². The highest BCUT2D eigenvalue weighted by Crippen LogP contribution is 2.57. The average molecular weight is 471 g/mol. The van der Waals surface area contributed by atoms with Crippen molar-refractivity contribution in [3.8, 4) is 0 Å². The maximum atomic E-state index is 14.9. The maximum absolute atomic E-state index is 14.9. The van der Waals surface area contributed by atoms with Crippen LogP contribution in [0.3, 0.4) is 0 Å². The van der Waals surface area contributed by atoms with Gasteiger partial charge in [-0.1, -0.05) is 76.6 Å². The van der Waals surface area contributed by atoms with Gasteiger partial charge in [0.05, 0.1) is 0 Å². The topological polar surface area (TPSA) is 17.1 Å². The molecule has 0 aromatic heterocycles. The number of allylic oxidation sites excluding steroid dienone is 4. The van der Waals surface area contributed by atoms with E-state index in [1.165, 1.54) is 12.1 Å². The van der Waals surface area contributed by atoms with Crippen LogP contribution in [0.2, 0.25) is 0 Å². The van der Waals surface area contributed by atoms with Gasteiger partial charge in [-0.3, -0.25) is 4.79 Å². The molecule has 4 aromatic rings. The van der Waals surface area contributed by atoms with E-state index >= 15 is 0 Å². The van der Waals surface area contributed by atoms with Crippen molar-refractivity contribution in [2.24, 2.45) is 0 Å². The summed E-state index contributed by atoms with van der Waals surface area (Å²) in [4.78, 5) is 13.8. The van der Waals surface area contributed by atoms with Gasteiger partial charge >= 0.3 is 0 Å². The molecule has 0 unspecified atom stereocenters. The smallest absolute Gasteiger partial charge is 0.195 e. The first-order chi connectivity index (χ1) is 15.1. The van der Waals surface area contributed by atoms with Crippen molar-refractivity contribution < 1.29 is 13.6 Å². The average Bonchev–Trinajstić information content (AvgIpc) is 3.24. The Morgan fingerprint density at radius 1 is 0.548 bits per heavy atom. The number of hydrogen-bond donors (Lipinski definition) is 0. The third-order valence-electron chi connectivity index (χ3n) is 6.02. The predicted molar refractivity (Wildman–Crippen MR) is 123 cm³/mol. The van der Waals surface area contributed by atoms with Crippen molar-refractivity contribution in [1.82, 2.24) is 0 Å². The Kier molecular flexibility index (Phi) is 3.90. The molecule has 0 heterocycles. The molecule has 0 fully saturated rings. The first kappa shape index (κ1) is 18.4. The standard InChI is InChI=1S/C27H13BrF2O/c28-19-13-12-18-22-14(19)8-5-9-17(22)23-24(18)26(16-7-2-4-11-21(16)30)27(31)25(23)15-6-1-3-10-20(15)29/h1-13H. The van der Waals surface area contributed by atoms with Crippen molar-refractivity contribution in [3.63, 3.8) is 0 Å². The van der Waals surface area contributed by atoms with Gasteiger partial charge in [-0.15, -0.1) is 0 Å². The molecule has 0 spiro atoms. The predicted octanol–water partition coefficient (Wildman–Crippen LogP) is 7.30. The minimum atomic E-state index is -0.475. The lowest BCUT2D eigenvalue weighted by Gasteiger charge is -2.10. The van der Waals surface area contributed by atoms with Crippen molar-refractivity contribution in [2.75, 3.05) is 0 Å². The summed E-state index contributed by atoms with van der Waals surface area (Å²) in [5.41, 5.74) is 4.10. The number of Topliss-reactive ketones (excluding diaryl/α,β-unsaturated/α-hetero) is 1. The summed E-state index contributed by atoms with van der Waals surface area (Å²) in [6.07, 6.45) is 0. The first-order valence-corrected chi connectivity index (χ1v) is 10.6. The van der Waals surface area contributed by atoms with Crippen molar-refractivity contribution in [2.45, 2.75) is 0 Å². The summed E-state index contributed by atoms with van der Waals surface area (Å²) in [5.74, 6) is -1.31. The van der Waals surface area contributed by atoms with E-state index in [1.54, 1.807) is 36.4 Å². The van der Waals surface area contributed by atoms with Gasteiger partial charge in [0, 0.05) is 37.9 Å². The number of fused-ring (bicyclic) bond motifs is 3. The highest BCUT2D eigenvalue weighted by Gasteiger charge is 2.41. The Balaban J connectivity index is 1.79. The number of rotatable bonds is 2. The highest BCUT2D eigenvalue weighted by molar-refractivity contribution is 9.10. The molecule has 0 saturated heterocycles. The van der Waals surface area contributed by atoms with Crippen molar-refractivity contribution in [3.05, 3.63) is 117 Å². The Labute approximate surface area is 185 Å². The van der Waals surface area contributed by atoms with Crippen LogP contribution in [0.4, 0.5) is 8.78 Å². The number of halogens is 3. The van der Waals surface area contributed by atoms with Crippen LogP contribution in [0, 0.1) is 11.6 Å². The normalized spacial score (nSPS) is 14.7. The van der Waals surface area contributed by atoms with Crippen LogP contribution in [0.5, 0.6) is 0 Å². The summed E-state index contributed by atoms with van der Waals surface area (Å²) in [7, 11) is 0. The molecule has 148 valence electrons. The molecule has 31 heavy (non-hydrogen) atoms. The van der Waals surface area contributed by atoms with Crippen LogP contribution < -0.4 is 0 Å². The molecule has 0 saturated carbocycles. The van der Waals surface area contributed by atoms with E-state index in [0.29, 0.717) is 11.1 Å². The van der Waals surface area contributed by atoms with Crippen molar-refractivity contribution >= 4 is 54.8 Å². The zero-order valence-electron chi connectivity index (χ0n) is 16.0. The minimum Gasteiger partial charge on any atom is -0.289 e. The zero-order valence-corrected chi connectivity index (χ0v) is 17.6. The van der Waals surface area contributed by atoms with E-state index in [1.807, 2.05) is 30.3 Å². The van der Waals surface area contributed by atoms with Gasteiger partial charge in [0.25, 0.3) is 0 Å². The molecule has 1 nitrogen and oxygen atoms in total. The minimum absolute atomic E-state index is 0.232. The highest BCUT2D eigenvalue weighted by atomic mass is 79.9. The number of benzene rings is 4. The van der Waals surface area contributed by atoms with E-state index in [0.717, 1.165) is 26.4 Å². The second kappa shape index (κ2) is 6.56. The van der Waals surface area contributed by atoms with E-state index < -0.39 is 11.6 Å². The summed E-state index contributed by atoms with van der Waals surface area (Å²) in [6.45, 7) is 0. The van der Waals surface area contributed by atoms with Crippen molar-refractivity contribution in [1.29, 1.82) is 0 Å². The number of ketones is 1. The SMILES string of the molecule is O=C1C(c2ccccc2F)=C2C(=C1c1ccccc1F)c1ccc(Br)c3cccc2c13. The van der Waals surface area contributed by atoms with Crippen LogP contribution in [0.15, 0.2) is 83.3 Å². The van der Waals surface area contributed by atoms with Gasteiger partial charge in [-0.05, 0) is 40.1 Å². The Bertz CT molecular complexity index is 1450. The lowest BCUT2D eigenvalue weighted by Crippen LogP contribution is -2.05. The molecule has 0 amide bonds. The second-order valence-electron chi connectivity index (χ2n) is 7.61. The molecular weight excluding hydrogens is 458 g/mol. The second-order valence-corrected chi connectivity index (χ2v) is 8.47. The molecule has 0 aliphatic heterocycles. The summed E-state index contributed by atoms with van der Waals surface area (Å²) < 4.78 is 30.7. The Hall–Kier alpha value is -3.37. The molecule has 6 rings (SSSR count). The number of carbonyl (C=O) groups excluding carboxylic acids is 1. The van der Waals surface area contributed by atoms with E-state index in [-0.39, 0.29) is 28.1 Å². The molecule has 0 atom stereocenters. The molecule has 4 aromatic carbocycles. The molecular formula is C27H13BrF2O. The van der Waals surface area contributed by atoms with Crippen LogP contribution in [0.1, 0.15) is 22.3 Å². The Morgan fingerprint density at radius 2 is 1.06 bits per heavy atom. The third-order valence-corrected chi connectivity index (χ3v) is 6.71. The number of carbonyl (C=O) groups is 1. The Morgan fingerprint density at radius 3 is 1.65 bits per heavy atom. The maximum Gasteiger partial charge on any atom is 0.195 e. The fourth-order valence-corrected chi connectivity index (χ4v) is 5.23. The fourth-order valence-electron chi connectivity index (χ4n) is 4.77. The lowest BCUT2D eigenvalue weighted by molar-refractivity contribution is -0.108. The molecule has 2 aliphatic carbocycles. The van der Waals surface area contributed by atoms with Gasteiger partial charge in [0.1, 0.15) is 11.6 Å². The summed E-state index contributed by atoms with van der Waals surface area (Å²) >= 11 is 3.61. The van der Waals surface area contributed by atoms with Gasteiger partial charge < -0.3 is 0 Å². The van der Waals surface area contributed by atoms with E-state index in [2.05, 4.69) is 15.9 Å². The lowest BCUT2D eigenvalue weighted by atomic mass is 9.92. The van der Waals surface area contributed by atoms with Crippen LogP contribution >= 0.6 is 15.9 Å². The summed E-state index contributed by atoms with van der Waals surface area (Å²) in [6, 6.07) is 22.2. The monoisotopic (exact) mass is 470 g/mol. The van der Waals surface area contributed by atoms with Gasteiger partial charge in [0.2, 0.25) is 0 Å². The van der Waals surface area contributed by atoms with Gasteiger partial charge in [-0.2, -0.15) is 0 Å². The van der Waals surface area contributed by atoms with Crippen LogP contribution in [-0.4, -0.2) is 5.78 Å². The van der Waals surface area contributed by atoms with Gasteiger partial charge in [-0.25, -0.2) is 8.78 Å². The zero-order chi connectivity index (χ0) is 21.3. The largest absolute Gasteiger partial charge is 0.289 e. The quantitative estimate of drug-likeness (QED) is 0.300. The van der Waals surface area contributed by atoms with Crippen LogP contribution in [0.25, 0.3) is 33.1 Å². The molecule has 0 N–H and O–H groups in total. The summed E-state index contributed by atoms with van der Waals surface area (Å²) in [5, 5.41) is 1.98. The molecule has 0 radical (unpaired) electrons. The number of hydrogen-bond acceptors (Lipinski definition) is 1. The van der Waals surface area contributed by atoms with E-state index in [4.69, 9.17) is 0 Å². The van der Waals surface area contributed by atoms with Crippen LogP contribution in [-0.2, 0) is 4.79 Å².